The molecule has 0 bridgehead atoms. The molecule has 3 rings (SSSR count). The third-order valence-electron chi connectivity index (χ3n) is 2.36. The molecule has 0 saturated heterocycles. The van der Waals surface area contributed by atoms with Crippen LogP contribution in [0.4, 0.5) is 0 Å². The maximum Gasteiger partial charge on any atom is 0.149 e. The van der Waals surface area contributed by atoms with Gasteiger partial charge in [0, 0.05) is 4.47 Å². The Morgan fingerprint density at radius 2 is 2.00 bits per heavy atom. The highest BCUT2D eigenvalue weighted by atomic mass is 79.9. The minimum atomic E-state index is 0.516. The van der Waals surface area contributed by atoms with Gasteiger partial charge >= 0.3 is 0 Å². The van der Waals surface area contributed by atoms with E-state index in [4.69, 9.17) is 23.2 Å². The second kappa shape index (κ2) is 4.28. The highest BCUT2D eigenvalue weighted by Crippen LogP contribution is 2.34. The number of imidazole rings is 1. The molecule has 2 nitrogen and oxygen atoms in total. The monoisotopic (exact) mass is 346 g/mol. The Morgan fingerprint density at radius 3 is 2.71 bits per heavy atom. The number of H-pyrrole nitrogens is 1. The lowest BCUT2D eigenvalue weighted by molar-refractivity contribution is 1.35. The normalized spacial score (nSPS) is 11.2. The molecule has 0 aliphatic carbocycles. The lowest BCUT2D eigenvalue weighted by Gasteiger charge is -1.93. The molecule has 17 heavy (non-hydrogen) atoms. The van der Waals surface area contributed by atoms with Crippen molar-refractivity contribution in [2.24, 2.45) is 0 Å². The van der Waals surface area contributed by atoms with Crippen molar-refractivity contribution in [3.8, 4) is 10.7 Å². The van der Waals surface area contributed by atoms with Crippen LogP contribution in [-0.2, 0) is 0 Å². The van der Waals surface area contributed by atoms with Gasteiger partial charge in [-0.25, -0.2) is 4.98 Å². The van der Waals surface area contributed by atoms with Crippen molar-refractivity contribution in [1.82, 2.24) is 9.97 Å². The van der Waals surface area contributed by atoms with Crippen molar-refractivity contribution in [3.63, 3.8) is 0 Å². The standard InChI is InChI=1S/C11H5BrCl2N2S/c12-5-1-2-17-10(5)11-15-8-3-6(13)7(14)4-9(8)16-11/h1-4H,(H,15,16). The van der Waals surface area contributed by atoms with E-state index in [0.29, 0.717) is 10.0 Å². The van der Waals surface area contributed by atoms with Crippen LogP contribution in [0.1, 0.15) is 0 Å². The summed E-state index contributed by atoms with van der Waals surface area (Å²) in [5.41, 5.74) is 1.70. The summed E-state index contributed by atoms with van der Waals surface area (Å²) >= 11 is 17.0. The Labute approximate surface area is 120 Å². The highest BCUT2D eigenvalue weighted by Gasteiger charge is 2.11. The van der Waals surface area contributed by atoms with E-state index in [1.807, 2.05) is 11.4 Å². The van der Waals surface area contributed by atoms with E-state index in [1.54, 1.807) is 23.5 Å². The first-order chi connectivity index (χ1) is 8.15. The third-order valence-corrected chi connectivity index (χ3v) is 4.92. The number of aromatic amines is 1. The van der Waals surface area contributed by atoms with Crippen molar-refractivity contribution in [3.05, 3.63) is 38.1 Å². The van der Waals surface area contributed by atoms with Gasteiger partial charge in [0.05, 0.1) is 26.0 Å². The van der Waals surface area contributed by atoms with Gasteiger partial charge in [-0.2, -0.15) is 0 Å². The highest BCUT2D eigenvalue weighted by molar-refractivity contribution is 9.10. The van der Waals surface area contributed by atoms with Crippen LogP contribution in [0, 0.1) is 0 Å². The van der Waals surface area contributed by atoms with Crippen LogP contribution >= 0.6 is 50.5 Å². The average molecular weight is 348 g/mol. The zero-order chi connectivity index (χ0) is 12.0. The molecule has 3 aromatic rings. The molecular weight excluding hydrogens is 343 g/mol. The first-order valence-corrected chi connectivity index (χ1v) is 7.16. The molecule has 0 fully saturated rings. The molecule has 2 heterocycles. The molecular formula is C11H5BrCl2N2S. The van der Waals surface area contributed by atoms with Gasteiger partial charge in [-0.15, -0.1) is 11.3 Å². The molecule has 0 aliphatic rings. The molecule has 0 saturated carbocycles. The quantitative estimate of drug-likeness (QED) is 0.630. The van der Waals surface area contributed by atoms with Crippen LogP contribution in [0.15, 0.2) is 28.1 Å². The Kier molecular flexibility index (Phi) is 2.91. The summed E-state index contributed by atoms with van der Waals surface area (Å²) in [6.07, 6.45) is 0. The predicted molar refractivity (Wildman–Crippen MR) is 77.1 cm³/mol. The van der Waals surface area contributed by atoms with E-state index in [-0.39, 0.29) is 0 Å². The Bertz CT molecular complexity index is 666. The molecule has 1 N–H and O–H groups in total. The van der Waals surface area contributed by atoms with E-state index >= 15 is 0 Å². The van der Waals surface area contributed by atoms with Crippen LogP contribution in [0.2, 0.25) is 10.0 Å². The molecule has 0 atom stereocenters. The van der Waals surface area contributed by atoms with E-state index in [9.17, 15) is 0 Å². The van der Waals surface area contributed by atoms with Crippen LogP contribution in [0.3, 0.4) is 0 Å². The predicted octanol–water partition coefficient (Wildman–Crippen LogP) is 5.36. The van der Waals surface area contributed by atoms with Crippen molar-refractivity contribution < 1.29 is 0 Å². The molecule has 0 unspecified atom stereocenters. The second-order valence-electron chi connectivity index (χ2n) is 3.47. The molecule has 0 aliphatic heterocycles. The van der Waals surface area contributed by atoms with Gasteiger partial charge in [-0.05, 0) is 39.5 Å². The number of fused-ring (bicyclic) bond motifs is 1. The van der Waals surface area contributed by atoms with Crippen LogP contribution in [-0.4, -0.2) is 9.97 Å². The molecule has 0 amide bonds. The van der Waals surface area contributed by atoms with Gasteiger partial charge in [0.2, 0.25) is 0 Å². The molecule has 1 aromatic carbocycles. The minimum Gasteiger partial charge on any atom is -0.337 e. The van der Waals surface area contributed by atoms with Crippen LogP contribution < -0.4 is 0 Å². The number of aromatic nitrogens is 2. The van der Waals surface area contributed by atoms with E-state index < -0.39 is 0 Å². The fraction of sp³-hybridized carbons (Fsp3) is 0. The Hall–Kier alpha value is -0.550. The number of benzene rings is 1. The molecule has 6 heteroatoms. The van der Waals surface area contributed by atoms with Gasteiger partial charge < -0.3 is 4.98 Å². The Morgan fingerprint density at radius 1 is 1.24 bits per heavy atom. The van der Waals surface area contributed by atoms with Crippen molar-refractivity contribution in [1.29, 1.82) is 0 Å². The summed E-state index contributed by atoms with van der Waals surface area (Å²) in [7, 11) is 0. The smallest absolute Gasteiger partial charge is 0.149 e. The summed E-state index contributed by atoms with van der Waals surface area (Å²) < 4.78 is 1.03. The zero-order valence-electron chi connectivity index (χ0n) is 8.30. The van der Waals surface area contributed by atoms with Gasteiger partial charge in [-0.1, -0.05) is 23.2 Å². The third kappa shape index (κ3) is 1.99. The van der Waals surface area contributed by atoms with Crippen molar-refractivity contribution in [2.45, 2.75) is 0 Å². The molecule has 86 valence electrons. The van der Waals surface area contributed by atoms with Gasteiger partial charge in [-0.3, -0.25) is 0 Å². The number of rotatable bonds is 1. The van der Waals surface area contributed by atoms with Gasteiger partial charge in [0.15, 0.2) is 0 Å². The number of hydrogen-bond acceptors (Lipinski definition) is 2. The zero-order valence-corrected chi connectivity index (χ0v) is 12.2. The average Bonchev–Trinajstić information content (AvgIpc) is 2.85. The second-order valence-corrected chi connectivity index (χ2v) is 6.05. The van der Waals surface area contributed by atoms with Crippen molar-refractivity contribution in [2.75, 3.05) is 0 Å². The molecule has 0 spiro atoms. The molecule has 0 radical (unpaired) electrons. The van der Waals surface area contributed by atoms with Gasteiger partial charge in [0.1, 0.15) is 5.82 Å². The van der Waals surface area contributed by atoms with Crippen LogP contribution in [0.25, 0.3) is 21.7 Å². The summed E-state index contributed by atoms with van der Waals surface area (Å²) in [4.78, 5) is 8.80. The van der Waals surface area contributed by atoms with E-state index in [0.717, 1.165) is 26.2 Å². The number of nitrogens with one attached hydrogen (secondary N) is 1. The summed E-state index contributed by atoms with van der Waals surface area (Å²) in [6.45, 7) is 0. The fourth-order valence-electron chi connectivity index (χ4n) is 1.58. The maximum absolute atomic E-state index is 5.97. The fourth-order valence-corrected chi connectivity index (χ4v) is 3.40. The largest absolute Gasteiger partial charge is 0.337 e. The van der Waals surface area contributed by atoms with Gasteiger partial charge in [0.25, 0.3) is 0 Å². The first kappa shape index (κ1) is 11.5. The summed E-state index contributed by atoms with van der Waals surface area (Å²) in [6, 6.07) is 5.55. The number of thiophene rings is 1. The lowest BCUT2D eigenvalue weighted by Crippen LogP contribution is -1.74. The van der Waals surface area contributed by atoms with Crippen LogP contribution in [0.5, 0.6) is 0 Å². The van der Waals surface area contributed by atoms with E-state index in [1.165, 1.54) is 0 Å². The minimum absolute atomic E-state index is 0.516. The summed E-state index contributed by atoms with van der Waals surface area (Å²) in [5.74, 6) is 0.820. The lowest BCUT2D eigenvalue weighted by atomic mass is 10.3. The molecule has 2 aromatic heterocycles. The first-order valence-electron chi connectivity index (χ1n) is 4.73. The topological polar surface area (TPSA) is 28.7 Å². The summed E-state index contributed by atoms with van der Waals surface area (Å²) in [5, 5.41) is 3.05. The SMILES string of the molecule is Clc1cc2nc(-c3sccc3Br)[nH]c2cc1Cl. The maximum atomic E-state index is 5.97. The Balaban J connectivity index is 2.24. The number of hydrogen-bond donors (Lipinski definition) is 1. The van der Waals surface area contributed by atoms with Crippen molar-refractivity contribution >= 4 is 61.5 Å². The van der Waals surface area contributed by atoms with E-state index in [2.05, 4.69) is 25.9 Å². The number of nitrogens with zero attached hydrogens (tertiary/aromatic N) is 1. The number of halogens is 3.